The fraction of sp³-hybridized carbons (Fsp3) is 0.818. The van der Waals surface area contributed by atoms with Crippen LogP contribution in [-0.2, 0) is 13.0 Å². The summed E-state index contributed by atoms with van der Waals surface area (Å²) in [4.78, 5) is 6.26. The molecule has 5 nitrogen and oxygen atoms in total. The van der Waals surface area contributed by atoms with Gasteiger partial charge in [0.1, 0.15) is 0 Å². The minimum atomic E-state index is -0.341. The van der Waals surface area contributed by atoms with Crippen LogP contribution in [-0.4, -0.2) is 39.8 Å². The molecule has 0 bridgehead atoms. The molecule has 0 saturated heterocycles. The molecule has 0 aliphatic carbocycles. The molecule has 1 aromatic heterocycles. The summed E-state index contributed by atoms with van der Waals surface area (Å²) < 4.78 is 5.13. The molecule has 0 aliphatic rings. The maximum Gasteiger partial charge on any atom is 0.226 e. The largest absolute Gasteiger partial charge is 0.392 e. The van der Waals surface area contributed by atoms with E-state index in [0.29, 0.717) is 30.7 Å². The van der Waals surface area contributed by atoms with Crippen LogP contribution in [0, 0.1) is 5.92 Å². The second-order valence-corrected chi connectivity index (χ2v) is 4.75. The topological polar surface area (TPSA) is 62.4 Å². The fourth-order valence-corrected chi connectivity index (χ4v) is 1.54. The summed E-state index contributed by atoms with van der Waals surface area (Å²) in [6, 6.07) is 0. The molecule has 0 radical (unpaired) electrons. The van der Waals surface area contributed by atoms with Gasteiger partial charge in [-0.25, -0.2) is 0 Å². The summed E-state index contributed by atoms with van der Waals surface area (Å²) in [5, 5.41) is 13.1. The molecule has 1 rings (SSSR count). The summed E-state index contributed by atoms with van der Waals surface area (Å²) in [7, 11) is 1.92. The van der Waals surface area contributed by atoms with Crippen LogP contribution < -0.4 is 0 Å². The Labute approximate surface area is 96.5 Å². The van der Waals surface area contributed by atoms with Gasteiger partial charge in [-0.15, -0.1) is 0 Å². The van der Waals surface area contributed by atoms with Gasteiger partial charge >= 0.3 is 0 Å². The first-order chi connectivity index (χ1) is 7.47. The zero-order chi connectivity index (χ0) is 12.1. The first-order valence-corrected chi connectivity index (χ1v) is 5.65. The van der Waals surface area contributed by atoms with E-state index in [-0.39, 0.29) is 6.10 Å². The zero-order valence-electron chi connectivity index (χ0n) is 10.5. The van der Waals surface area contributed by atoms with E-state index in [2.05, 4.69) is 24.0 Å². The van der Waals surface area contributed by atoms with Crippen LogP contribution >= 0.6 is 0 Å². The van der Waals surface area contributed by atoms with Gasteiger partial charge in [0.05, 0.1) is 12.6 Å². The summed E-state index contributed by atoms with van der Waals surface area (Å²) in [5.41, 5.74) is 0. The molecule has 0 aliphatic heterocycles. The molecule has 5 heteroatoms. The first kappa shape index (κ1) is 13.1. The van der Waals surface area contributed by atoms with Crippen LogP contribution in [0.3, 0.4) is 0 Å². The molecule has 1 unspecified atom stereocenters. The molecule has 1 atom stereocenters. The van der Waals surface area contributed by atoms with Gasteiger partial charge in [0.2, 0.25) is 5.89 Å². The van der Waals surface area contributed by atoms with Gasteiger partial charge in [-0.2, -0.15) is 4.98 Å². The minimum Gasteiger partial charge on any atom is -0.392 e. The Morgan fingerprint density at radius 2 is 2.06 bits per heavy atom. The maximum absolute atomic E-state index is 9.22. The number of aromatic nitrogens is 2. The Bertz CT molecular complexity index is 310. The highest BCUT2D eigenvalue weighted by molar-refractivity contribution is 4.87. The molecule has 0 fully saturated rings. The Morgan fingerprint density at radius 1 is 1.38 bits per heavy atom. The smallest absolute Gasteiger partial charge is 0.226 e. The fourth-order valence-electron chi connectivity index (χ4n) is 1.54. The SMILES string of the molecule is CC(C)Cc1nc(CN(C)CC(C)O)no1. The van der Waals surface area contributed by atoms with Crippen molar-refractivity contribution < 1.29 is 9.63 Å². The molecule has 0 saturated carbocycles. The third kappa shape index (κ3) is 4.72. The van der Waals surface area contributed by atoms with Crippen molar-refractivity contribution in [1.29, 1.82) is 0 Å². The number of rotatable bonds is 6. The van der Waals surface area contributed by atoms with Crippen LogP contribution in [0.5, 0.6) is 0 Å². The lowest BCUT2D eigenvalue weighted by Gasteiger charge is -2.15. The van der Waals surface area contributed by atoms with Crippen molar-refractivity contribution in [3.8, 4) is 0 Å². The highest BCUT2D eigenvalue weighted by Crippen LogP contribution is 2.06. The molecule has 0 amide bonds. The van der Waals surface area contributed by atoms with Crippen molar-refractivity contribution in [2.45, 2.75) is 39.8 Å². The van der Waals surface area contributed by atoms with Crippen molar-refractivity contribution >= 4 is 0 Å². The Morgan fingerprint density at radius 3 is 2.62 bits per heavy atom. The van der Waals surface area contributed by atoms with Crippen molar-refractivity contribution in [3.63, 3.8) is 0 Å². The zero-order valence-corrected chi connectivity index (χ0v) is 10.5. The molecule has 1 N–H and O–H groups in total. The number of aliphatic hydroxyl groups excluding tert-OH is 1. The normalized spacial score (nSPS) is 13.7. The van der Waals surface area contributed by atoms with Crippen molar-refractivity contribution in [3.05, 3.63) is 11.7 Å². The number of hydrogen-bond donors (Lipinski definition) is 1. The van der Waals surface area contributed by atoms with Crippen LogP contribution in [0.2, 0.25) is 0 Å². The monoisotopic (exact) mass is 227 g/mol. The van der Waals surface area contributed by atoms with Crippen LogP contribution in [0.15, 0.2) is 4.52 Å². The third-order valence-corrected chi connectivity index (χ3v) is 2.08. The van der Waals surface area contributed by atoms with E-state index in [4.69, 9.17) is 4.52 Å². The molecule has 92 valence electrons. The van der Waals surface area contributed by atoms with E-state index >= 15 is 0 Å². The van der Waals surface area contributed by atoms with E-state index < -0.39 is 0 Å². The second kappa shape index (κ2) is 5.96. The molecular weight excluding hydrogens is 206 g/mol. The Kier molecular flexibility index (Phi) is 4.89. The lowest BCUT2D eigenvalue weighted by Crippen LogP contribution is -2.27. The molecule has 0 spiro atoms. The van der Waals surface area contributed by atoms with Gasteiger partial charge in [0, 0.05) is 13.0 Å². The van der Waals surface area contributed by atoms with E-state index in [1.165, 1.54) is 0 Å². The van der Waals surface area contributed by atoms with Crippen LogP contribution in [0.4, 0.5) is 0 Å². The van der Waals surface area contributed by atoms with E-state index in [9.17, 15) is 5.11 Å². The predicted molar refractivity (Wildman–Crippen MR) is 60.9 cm³/mol. The Balaban J connectivity index is 2.45. The lowest BCUT2D eigenvalue weighted by atomic mass is 10.1. The van der Waals surface area contributed by atoms with Gasteiger partial charge in [-0.3, -0.25) is 4.90 Å². The van der Waals surface area contributed by atoms with E-state index in [0.717, 1.165) is 6.42 Å². The minimum absolute atomic E-state index is 0.341. The summed E-state index contributed by atoms with van der Waals surface area (Å²) in [6.07, 6.45) is 0.472. The van der Waals surface area contributed by atoms with Crippen molar-refractivity contribution in [2.75, 3.05) is 13.6 Å². The maximum atomic E-state index is 9.22. The van der Waals surface area contributed by atoms with Crippen molar-refractivity contribution in [1.82, 2.24) is 15.0 Å². The van der Waals surface area contributed by atoms with Gasteiger partial charge in [-0.1, -0.05) is 19.0 Å². The quantitative estimate of drug-likeness (QED) is 0.788. The van der Waals surface area contributed by atoms with Crippen LogP contribution in [0.1, 0.15) is 32.5 Å². The highest BCUT2D eigenvalue weighted by atomic mass is 16.5. The summed E-state index contributed by atoms with van der Waals surface area (Å²) in [6.45, 7) is 7.20. The summed E-state index contributed by atoms with van der Waals surface area (Å²) >= 11 is 0. The lowest BCUT2D eigenvalue weighted by molar-refractivity contribution is 0.136. The first-order valence-electron chi connectivity index (χ1n) is 5.65. The van der Waals surface area contributed by atoms with E-state index in [1.807, 2.05) is 11.9 Å². The summed E-state index contributed by atoms with van der Waals surface area (Å²) in [5.74, 6) is 1.89. The van der Waals surface area contributed by atoms with Gasteiger partial charge in [0.15, 0.2) is 5.82 Å². The standard InChI is InChI=1S/C11H21N3O2/c1-8(2)5-11-12-10(13-16-11)7-14(4)6-9(3)15/h8-9,15H,5-7H2,1-4H3. The molecular formula is C11H21N3O2. The van der Waals surface area contributed by atoms with E-state index in [1.54, 1.807) is 6.92 Å². The van der Waals surface area contributed by atoms with Gasteiger partial charge in [0.25, 0.3) is 0 Å². The second-order valence-electron chi connectivity index (χ2n) is 4.75. The highest BCUT2D eigenvalue weighted by Gasteiger charge is 2.11. The number of aliphatic hydroxyl groups is 1. The number of hydrogen-bond acceptors (Lipinski definition) is 5. The number of likely N-dealkylation sites (N-methyl/N-ethyl adjacent to an activating group) is 1. The molecule has 16 heavy (non-hydrogen) atoms. The third-order valence-electron chi connectivity index (χ3n) is 2.08. The van der Waals surface area contributed by atoms with Crippen molar-refractivity contribution in [2.24, 2.45) is 5.92 Å². The molecule has 1 aromatic rings. The molecule has 1 heterocycles. The average Bonchev–Trinajstić information content (AvgIpc) is 2.49. The van der Waals surface area contributed by atoms with Crippen LogP contribution in [0.25, 0.3) is 0 Å². The Hall–Kier alpha value is -0.940. The van der Waals surface area contributed by atoms with Gasteiger partial charge < -0.3 is 9.63 Å². The number of nitrogens with zero attached hydrogens (tertiary/aromatic N) is 3. The molecule has 0 aromatic carbocycles. The predicted octanol–water partition coefficient (Wildman–Crippen LogP) is 1.08. The van der Waals surface area contributed by atoms with Gasteiger partial charge in [-0.05, 0) is 19.9 Å². The average molecular weight is 227 g/mol.